The van der Waals surface area contributed by atoms with Crippen LogP contribution in [0.15, 0.2) is 34.2 Å². The number of aliphatic imine (C=N–C) groups is 1. The number of amides is 1. The summed E-state index contributed by atoms with van der Waals surface area (Å²) in [5, 5.41) is 10.5. The van der Waals surface area contributed by atoms with Gasteiger partial charge in [0.15, 0.2) is 0 Å². The predicted molar refractivity (Wildman–Crippen MR) is 54.2 cm³/mol. The van der Waals surface area contributed by atoms with Crippen LogP contribution in [0.2, 0.25) is 0 Å². The van der Waals surface area contributed by atoms with Crippen LogP contribution in [0.4, 0.5) is 0 Å². The number of hydrogen-bond donors (Lipinski definition) is 0. The molecule has 1 aliphatic heterocycles. The summed E-state index contributed by atoms with van der Waals surface area (Å²) in [5.41, 5.74) is 0.898. The summed E-state index contributed by atoms with van der Waals surface area (Å²) in [7, 11) is 0. The van der Waals surface area contributed by atoms with Crippen LogP contribution in [0.5, 0.6) is 0 Å². The van der Waals surface area contributed by atoms with Crippen molar-refractivity contribution in [2.24, 2.45) is 4.99 Å². The van der Waals surface area contributed by atoms with Gasteiger partial charge in [-0.3, -0.25) is 4.79 Å². The van der Waals surface area contributed by atoms with Gasteiger partial charge < -0.3 is 0 Å². The number of allylic oxidation sites excluding steroid dienone is 1. The molecule has 0 bridgehead atoms. The van der Waals surface area contributed by atoms with E-state index in [9.17, 15) is 4.79 Å². The van der Waals surface area contributed by atoms with E-state index in [4.69, 9.17) is 5.26 Å². The molecule has 1 amide bonds. The minimum absolute atomic E-state index is 0.144. The topological polar surface area (TPSA) is 53.2 Å². The van der Waals surface area contributed by atoms with E-state index in [1.807, 2.05) is 23.6 Å². The van der Waals surface area contributed by atoms with Gasteiger partial charge in [0.1, 0.15) is 11.6 Å². The first-order chi connectivity index (χ1) is 6.81. The Hall–Kier alpha value is -1.73. The van der Waals surface area contributed by atoms with Crippen LogP contribution in [0.25, 0.3) is 0 Å². The van der Waals surface area contributed by atoms with Crippen molar-refractivity contribution >= 4 is 23.0 Å². The fourth-order valence-corrected chi connectivity index (χ4v) is 1.93. The second kappa shape index (κ2) is 3.56. The highest BCUT2D eigenvalue weighted by atomic mass is 32.1. The lowest BCUT2D eigenvalue weighted by molar-refractivity contribution is -0.114. The number of carbonyl (C=O) groups excluding carboxylic acids is 1. The first-order valence-corrected chi connectivity index (χ1v) is 4.95. The molecule has 68 valence electrons. The van der Waals surface area contributed by atoms with Crippen molar-refractivity contribution < 1.29 is 4.79 Å². The fourth-order valence-electron chi connectivity index (χ4n) is 1.21. The average molecular weight is 202 g/mol. The van der Waals surface area contributed by atoms with E-state index in [1.54, 1.807) is 17.4 Å². The third kappa shape index (κ3) is 1.50. The minimum Gasteiger partial charge on any atom is -0.266 e. The Balaban J connectivity index is 2.30. The Morgan fingerprint density at radius 3 is 3.00 bits per heavy atom. The molecule has 4 heteroatoms. The molecule has 3 nitrogen and oxygen atoms in total. The van der Waals surface area contributed by atoms with Crippen molar-refractivity contribution in [3.8, 4) is 6.07 Å². The van der Waals surface area contributed by atoms with E-state index in [-0.39, 0.29) is 5.57 Å². The monoisotopic (exact) mass is 202 g/mol. The molecule has 14 heavy (non-hydrogen) atoms. The van der Waals surface area contributed by atoms with E-state index in [1.165, 1.54) is 0 Å². The lowest BCUT2D eigenvalue weighted by Crippen LogP contribution is -2.10. The van der Waals surface area contributed by atoms with Gasteiger partial charge in [0, 0.05) is 11.3 Å². The molecule has 1 aliphatic rings. The van der Waals surface area contributed by atoms with E-state index >= 15 is 0 Å². The van der Waals surface area contributed by atoms with Gasteiger partial charge in [0.25, 0.3) is 5.91 Å². The third-order valence-electron chi connectivity index (χ3n) is 1.89. The molecule has 0 unspecified atom stereocenters. The van der Waals surface area contributed by atoms with Crippen LogP contribution in [-0.4, -0.2) is 11.6 Å². The quantitative estimate of drug-likeness (QED) is 0.698. The van der Waals surface area contributed by atoms with Gasteiger partial charge in [0.05, 0.1) is 5.71 Å². The molecule has 0 saturated carbocycles. The molecule has 1 aromatic rings. The van der Waals surface area contributed by atoms with Crippen molar-refractivity contribution in [1.29, 1.82) is 5.26 Å². The zero-order chi connectivity index (χ0) is 9.97. The molecular weight excluding hydrogens is 196 g/mol. The highest BCUT2D eigenvalue weighted by Gasteiger charge is 2.16. The zero-order valence-electron chi connectivity index (χ0n) is 7.23. The van der Waals surface area contributed by atoms with Crippen LogP contribution < -0.4 is 0 Å². The molecule has 0 aliphatic carbocycles. The van der Waals surface area contributed by atoms with E-state index < -0.39 is 5.91 Å². The molecule has 0 radical (unpaired) electrons. The Morgan fingerprint density at radius 2 is 2.43 bits per heavy atom. The number of nitrogens with zero attached hydrogens (tertiary/aromatic N) is 2. The molecule has 2 heterocycles. The third-order valence-corrected chi connectivity index (χ3v) is 2.81. The van der Waals surface area contributed by atoms with Crippen LogP contribution >= 0.6 is 11.3 Å². The maximum atomic E-state index is 11.3. The minimum atomic E-state index is -0.429. The molecule has 0 aromatic carbocycles. The number of hydrogen-bond acceptors (Lipinski definition) is 3. The number of thiophene rings is 1. The summed E-state index contributed by atoms with van der Waals surface area (Å²) in [6.45, 7) is 0. The number of dihydropyridines is 1. The lowest BCUT2D eigenvalue weighted by Gasteiger charge is -2.05. The molecule has 1 aromatic heterocycles. The summed E-state index contributed by atoms with van der Waals surface area (Å²) in [5.74, 6) is -0.429. The number of carbonyl (C=O) groups is 1. The van der Waals surface area contributed by atoms with Gasteiger partial charge in [-0.1, -0.05) is 12.1 Å². The second-order valence-corrected chi connectivity index (χ2v) is 3.72. The van der Waals surface area contributed by atoms with Crippen molar-refractivity contribution in [3.05, 3.63) is 34.0 Å². The highest BCUT2D eigenvalue weighted by molar-refractivity contribution is 7.12. The fraction of sp³-hybridized carbons (Fsp3) is 0.100. The molecule has 0 N–H and O–H groups in total. The van der Waals surface area contributed by atoms with Crippen LogP contribution in [-0.2, 0) is 4.79 Å². The number of nitriles is 1. The summed E-state index contributed by atoms with van der Waals surface area (Å²) >= 11 is 1.55. The summed E-state index contributed by atoms with van der Waals surface area (Å²) in [4.78, 5) is 16.1. The highest BCUT2D eigenvalue weighted by Crippen LogP contribution is 2.17. The predicted octanol–water partition coefficient (Wildman–Crippen LogP) is 1.92. The van der Waals surface area contributed by atoms with Gasteiger partial charge in [-0.25, -0.2) is 4.99 Å². The normalized spacial score (nSPS) is 15.8. The maximum absolute atomic E-state index is 11.3. The summed E-state index contributed by atoms with van der Waals surface area (Å²) in [6, 6.07) is 5.66. The van der Waals surface area contributed by atoms with Crippen LogP contribution in [0.3, 0.4) is 0 Å². The molecule has 0 atom stereocenters. The first-order valence-electron chi connectivity index (χ1n) is 4.07. The van der Waals surface area contributed by atoms with E-state index in [0.29, 0.717) is 6.42 Å². The largest absolute Gasteiger partial charge is 0.287 e. The lowest BCUT2D eigenvalue weighted by atomic mass is 10.1. The Kier molecular flexibility index (Phi) is 2.25. The zero-order valence-corrected chi connectivity index (χ0v) is 8.04. The van der Waals surface area contributed by atoms with Crippen molar-refractivity contribution in [2.75, 3.05) is 0 Å². The van der Waals surface area contributed by atoms with Gasteiger partial charge >= 0.3 is 0 Å². The van der Waals surface area contributed by atoms with Gasteiger partial charge in [-0.2, -0.15) is 5.26 Å². The number of rotatable bonds is 1. The Bertz CT molecular complexity index is 463. The Labute approximate surface area is 85.0 Å². The summed E-state index contributed by atoms with van der Waals surface area (Å²) in [6.07, 6.45) is 2.19. The molecule has 0 saturated heterocycles. The smallest absolute Gasteiger partial charge is 0.266 e. The van der Waals surface area contributed by atoms with Gasteiger partial charge in [-0.05, 0) is 11.4 Å². The molecule has 0 spiro atoms. The summed E-state index contributed by atoms with van der Waals surface area (Å²) < 4.78 is 0. The van der Waals surface area contributed by atoms with Crippen molar-refractivity contribution in [1.82, 2.24) is 0 Å². The maximum Gasteiger partial charge on any atom is 0.287 e. The van der Waals surface area contributed by atoms with Crippen LogP contribution in [0.1, 0.15) is 11.3 Å². The SMILES string of the molecule is N#CC1=CCC(c2cccs2)=NC1=O. The standard InChI is InChI=1S/C10H6N2OS/c11-6-7-3-4-8(12-10(7)13)9-2-1-5-14-9/h1-3,5H,4H2. The van der Waals surface area contributed by atoms with Gasteiger partial charge in [-0.15, -0.1) is 11.3 Å². The first kappa shape index (κ1) is 8.85. The Morgan fingerprint density at radius 1 is 1.57 bits per heavy atom. The van der Waals surface area contributed by atoms with Gasteiger partial charge in [0.2, 0.25) is 0 Å². The molecule has 0 fully saturated rings. The second-order valence-electron chi connectivity index (χ2n) is 2.77. The average Bonchev–Trinajstić information content (AvgIpc) is 2.70. The van der Waals surface area contributed by atoms with Crippen molar-refractivity contribution in [3.63, 3.8) is 0 Å². The van der Waals surface area contributed by atoms with Crippen molar-refractivity contribution in [2.45, 2.75) is 6.42 Å². The van der Waals surface area contributed by atoms with Crippen LogP contribution in [0, 0.1) is 11.3 Å². The van der Waals surface area contributed by atoms with E-state index in [2.05, 4.69) is 4.99 Å². The molecular formula is C10H6N2OS. The molecule has 2 rings (SSSR count). The van der Waals surface area contributed by atoms with E-state index in [0.717, 1.165) is 10.6 Å².